The van der Waals surface area contributed by atoms with Gasteiger partial charge < -0.3 is 9.52 Å². The van der Waals surface area contributed by atoms with Gasteiger partial charge in [-0.2, -0.15) is 5.10 Å². The van der Waals surface area contributed by atoms with Crippen LogP contribution in [0.2, 0.25) is 0 Å². The SMILES string of the molecule is CCCc1ccc(CN2C[C@H](O)[C@@H](N(C)Cc3cc(C4CC4)n[nH]3)C2)o1. The number of rotatable bonds is 8. The maximum atomic E-state index is 10.5. The summed E-state index contributed by atoms with van der Waals surface area (Å²) in [5, 5.41) is 18.1. The molecule has 2 fully saturated rings. The van der Waals surface area contributed by atoms with Gasteiger partial charge in [-0.25, -0.2) is 0 Å². The number of likely N-dealkylation sites (N-methyl/N-ethyl adjacent to an activating group) is 1. The average Bonchev–Trinajstić information content (AvgIpc) is 3.00. The number of aliphatic hydroxyl groups excluding tert-OH is 1. The first-order valence-electron chi connectivity index (χ1n) is 9.84. The van der Waals surface area contributed by atoms with Crippen molar-refractivity contribution in [3.8, 4) is 0 Å². The summed E-state index contributed by atoms with van der Waals surface area (Å²) in [6, 6.07) is 6.46. The first-order chi connectivity index (χ1) is 12.6. The quantitative estimate of drug-likeness (QED) is 0.759. The van der Waals surface area contributed by atoms with E-state index in [0.29, 0.717) is 12.5 Å². The second-order valence-electron chi connectivity index (χ2n) is 7.95. The standard InChI is InChI=1S/C20H30N4O2/c1-3-4-16-7-8-17(26-16)11-24-12-19(20(25)13-24)23(2)10-15-9-18(22-21-15)14-5-6-14/h7-9,14,19-20,25H,3-6,10-13H2,1-2H3,(H,21,22)/t19-,20-/m0/s1. The zero-order chi connectivity index (χ0) is 18.1. The zero-order valence-electron chi connectivity index (χ0n) is 15.8. The molecule has 2 aromatic heterocycles. The molecule has 0 amide bonds. The van der Waals surface area contributed by atoms with E-state index in [2.05, 4.69) is 52.2 Å². The number of β-amino-alcohol motifs (C(OH)–C–C–N with tert-alkyl or cyclic N) is 1. The number of hydrogen-bond donors (Lipinski definition) is 2. The van der Waals surface area contributed by atoms with Crippen molar-refractivity contribution < 1.29 is 9.52 Å². The van der Waals surface area contributed by atoms with Crippen LogP contribution in [0.3, 0.4) is 0 Å². The molecule has 6 nitrogen and oxygen atoms in total. The van der Waals surface area contributed by atoms with Crippen molar-refractivity contribution in [3.05, 3.63) is 41.1 Å². The van der Waals surface area contributed by atoms with Crippen LogP contribution in [0.4, 0.5) is 0 Å². The molecule has 0 aromatic carbocycles. The molecule has 2 atom stereocenters. The van der Waals surface area contributed by atoms with E-state index in [-0.39, 0.29) is 12.1 Å². The van der Waals surface area contributed by atoms with Gasteiger partial charge >= 0.3 is 0 Å². The van der Waals surface area contributed by atoms with Crippen LogP contribution in [0, 0.1) is 0 Å². The fourth-order valence-corrected chi connectivity index (χ4v) is 3.95. The average molecular weight is 358 g/mol. The van der Waals surface area contributed by atoms with E-state index < -0.39 is 0 Å². The maximum Gasteiger partial charge on any atom is 0.118 e. The van der Waals surface area contributed by atoms with E-state index in [9.17, 15) is 5.11 Å². The Bertz CT molecular complexity index is 721. The van der Waals surface area contributed by atoms with Gasteiger partial charge in [0.2, 0.25) is 0 Å². The first-order valence-corrected chi connectivity index (χ1v) is 9.84. The van der Waals surface area contributed by atoms with Gasteiger partial charge in [0.25, 0.3) is 0 Å². The molecule has 2 aromatic rings. The van der Waals surface area contributed by atoms with Gasteiger partial charge in [-0.05, 0) is 44.5 Å². The third-order valence-electron chi connectivity index (χ3n) is 5.56. The highest BCUT2D eigenvalue weighted by atomic mass is 16.3. The van der Waals surface area contributed by atoms with E-state index in [4.69, 9.17) is 4.42 Å². The third kappa shape index (κ3) is 4.03. The minimum Gasteiger partial charge on any atom is -0.465 e. The lowest BCUT2D eigenvalue weighted by Gasteiger charge is -2.25. The van der Waals surface area contributed by atoms with Crippen molar-refractivity contribution in [1.29, 1.82) is 0 Å². The number of nitrogens with one attached hydrogen (secondary N) is 1. The number of aromatic nitrogens is 2. The Morgan fingerprint density at radius 3 is 2.88 bits per heavy atom. The number of nitrogens with zero attached hydrogens (tertiary/aromatic N) is 3. The largest absolute Gasteiger partial charge is 0.465 e. The highest BCUT2D eigenvalue weighted by Crippen LogP contribution is 2.39. The molecule has 2 aliphatic rings. The van der Waals surface area contributed by atoms with Crippen LogP contribution in [-0.2, 0) is 19.5 Å². The molecule has 3 heterocycles. The van der Waals surface area contributed by atoms with Crippen LogP contribution in [0.5, 0.6) is 0 Å². The lowest BCUT2D eigenvalue weighted by molar-refractivity contribution is 0.0942. The Morgan fingerprint density at radius 1 is 1.31 bits per heavy atom. The Labute approximate surface area is 155 Å². The van der Waals surface area contributed by atoms with Crippen molar-refractivity contribution >= 4 is 0 Å². The molecular formula is C20H30N4O2. The summed E-state index contributed by atoms with van der Waals surface area (Å²) in [6.45, 7) is 5.25. The van der Waals surface area contributed by atoms with Crippen LogP contribution in [0.15, 0.2) is 22.6 Å². The summed E-state index contributed by atoms with van der Waals surface area (Å²) in [7, 11) is 2.08. The highest BCUT2D eigenvalue weighted by molar-refractivity contribution is 5.17. The second-order valence-corrected chi connectivity index (χ2v) is 7.95. The summed E-state index contributed by atoms with van der Waals surface area (Å²) in [6.07, 6.45) is 4.28. The summed E-state index contributed by atoms with van der Waals surface area (Å²) < 4.78 is 5.89. The Morgan fingerprint density at radius 2 is 2.12 bits per heavy atom. The van der Waals surface area contributed by atoms with Gasteiger partial charge in [0.15, 0.2) is 0 Å². The highest BCUT2D eigenvalue weighted by Gasteiger charge is 2.34. The molecule has 4 rings (SSSR count). The predicted molar refractivity (Wildman–Crippen MR) is 99.8 cm³/mol. The van der Waals surface area contributed by atoms with E-state index in [1.54, 1.807) is 0 Å². The monoisotopic (exact) mass is 358 g/mol. The van der Waals surface area contributed by atoms with Crippen LogP contribution < -0.4 is 0 Å². The lowest BCUT2D eigenvalue weighted by atomic mass is 10.2. The van der Waals surface area contributed by atoms with Gasteiger partial charge in [0.1, 0.15) is 11.5 Å². The molecule has 142 valence electrons. The lowest BCUT2D eigenvalue weighted by Crippen LogP contribution is -2.40. The smallest absolute Gasteiger partial charge is 0.118 e. The third-order valence-corrected chi connectivity index (χ3v) is 5.56. The van der Waals surface area contributed by atoms with Crippen molar-refractivity contribution in [2.75, 3.05) is 20.1 Å². The van der Waals surface area contributed by atoms with Gasteiger partial charge in [0, 0.05) is 43.7 Å². The number of aromatic amines is 1. The molecular weight excluding hydrogens is 328 g/mol. The van der Waals surface area contributed by atoms with Gasteiger partial charge in [0.05, 0.1) is 18.3 Å². The van der Waals surface area contributed by atoms with Crippen LogP contribution in [0.1, 0.15) is 55.0 Å². The Hall–Kier alpha value is -1.63. The Kier molecular flexibility index (Phi) is 5.16. The molecule has 1 saturated carbocycles. The van der Waals surface area contributed by atoms with Gasteiger partial charge in [-0.15, -0.1) is 0 Å². The van der Waals surface area contributed by atoms with Crippen LogP contribution in [0.25, 0.3) is 0 Å². The van der Waals surface area contributed by atoms with Crippen LogP contribution >= 0.6 is 0 Å². The molecule has 0 radical (unpaired) electrons. The summed E-state index contributed by atoms with van der Waals surface area (Å²) in [5.41, 5.74) is 2.33. The van der Waals surface area contributed by atoms with Crippen molar-refractivity contribution in [1.82, 2.24) is 20.0 Å². The normalized spacial score (nSPS) is 24.0. The number of aryl methyl sites for hydroxylation is 1. The first kappa shape index (κ1) is 17.8. The second kappa shape index (κ2) is 7.55. The number of aliphatic hydroxyl groups is 1. The fraction of sp³-hybridized carbons (Fsp3) is 0.650. The molecule has 6 heteroatoms. The topological polar surface area (TPSA) is 68.5 Å². The molecule has 0 bridgehead atoms. The maximum absolute atomic E-state index is 10.5. The number of likely N-dealkylation sites (tertiary alicyclic amines) is 1. The van der Waals surface area contributed by atoms with E-state index in [1.807, 2.05) is 0 Å². The molecule has 1 aliphatic carbocycles. The molecule has 2 N–H and O–H groups in total. The minimum absolute atomic E-state index is 0.132. The van der Waals surface area contributed by atoms with Crippen molar-refractivity contribution in [2.45, 2.75) is 63.8 Å². The minimum atomic E-state index is -0.337. The van der Waals surface area contributed by atoms with Crippen LogP contribution in [-0.4, -0.2) is 57.4 Å². The summed E-state index contributed by atoms with van der Waals surface area (Å²) >= 11 is 0. The Balaban J connectivity index is 1.31. The van der Waals surface area contributed by atoms with Gasteiger partial charge in [-0.1, -0.05) is 6.92 Å². The van der Waals surface area contributed by atoms with E-state index >= 15 is 0 Å². The molecule has 26 heavy (non-hydrogen) atoms. The number of H-pyrrole nitrogens is 1. The fourth-order valence-electron chi connectivity index (χ4n) is 3.95. The molecule has 1 saturated heterocycles. The molecule has 1 aliphatic heterocycles. The van der Waals surface area contributed by atoms with Crippen molar-refractivity contribution in [3.63, 3.8) is 0 Å². The number of hydrogen-bond acceptors (Lipinski definition) is 5. The van der Waals surface area contributed by atoms with E-state index in [0.717, 1.165) is 49.7 Å². The number of furan rings is 1. The predicted octanol–water partition coefficient (Wildman–Crippen LogP) is 2.51. The van der Waals surface area contributed by atoms with E-state index in [1.165, 1.54) is 18.5 Å². The zero-order valence-corrected chi connectivity index (χ0v) is 15.8. The summed E-state index contributed by atoms with van der Waals surface area (Å²) in [5.74, 6) is 2.72. The van der Waals surface area contributed by atoms with Crippen molar-refractivity contribution in [2.24, 2.45) is 0 Å². The molecule has 0 unspecified atom stereocenters. The van der Waals surface area contributed by atoms with Gasteiger partial charge in [-0.3, -0.25) is 14.9 Å². The molecule has 0 spiro atoms. The summed E-state index contributed by atoms with van der Waals surface area (Å²) in [4.78, 5) is 4.52.